The number of furan rings is 1. The highest BCUT2D eigenvalue weighted by atomic mass is 32.1. The molecule has 0 aliphatic carbocycles. The van der Waals surface area contributed by atoms with E-state index in [0.29, 0.717) is 0 Å². The van der Waals surface area contributed by atoms with Crippen molar-refractivity contribution < 1.29 is 4.42 Å². The third-order valence-corrected chi connectivity index (χ3v) is 9.65. The lowest BCUT2D eigenvalue weighted by Gasteiger charge is -2.29. The van der Waals surface area contributed by atoms with Gasteiger partial charge in [-0.25, -0.2) is 0 Å². The SMILES string of the molecule is c1ccc(-c2ccc3c(sc4ccccc43)c2N(c2ccc3oc4ccccc4c3c2)c2cccc3ccccc23)cc1. The Morgan fingerprint density at radius 2 is 1.21 bits per heavy atom. The van der Waals surface area contributed by atoms with Crippen LogP contribution in [0.25, 0.3) is 64.0 Å². The van der Waals surface area contributed by atoms with Gasteiger partial charge in [-0.3, -0.25) is 0 Å². The Morgan fingerprint density at radius 1 is 0.488 bits per heavy atom. The van der Waals surface area contributed by atoms with Gasteiger partial charge in [0.15, 0.2) is 0 Å². The number of benzene rings is 7. The van der Waals surface area contributed by atoms with Crippen LogP contribution >= 0.6 is 11.3 Å². The van der Waals surface area contributed by atoms with Gasteiger partial charge in [0.2, 0.25) is 0 Å². The molecule has 0 radical (unpaired) electrons. The van der Waals surface area contributed by atoms with Crippen molar-refractivity contribution in [2.75, 3.05) is 4.90 Å². The highest BCUT2D eigenvalue weighted by molar-refractivity contribution is 7.26. The van der Waals surface area contributed by atoms with Crippen molar-refractivity contribution in [1.29, 1.82) is 0 Å². The lowest BCUT2D eigenvalue weighted by molar-refractivity contribution is 0.669. The molecule has 2 aromatic heterocycles. The second-order valence-electron chi connectivity index (χ2n) is 10.9. The summed E-state index contributed by atoms with van der Waals surface area (Å²) in [5.74, 6) is 0. The molecule has 9 aromatic rings. The minimum Gasteiger partial charge on any atom is -0.456 e. The maximum absolute atomic E-state index is 6.26. The molecule has 0 aliphatic rings. The lowest BCUT2D eigenvalue weighted by Crippen LogP contribution is -2.12. The molecule has 0 aliphatic heterocycles. The van der Waals surface area contributed by atoms with Crippen LogP contribution in [0.15, 0.2) is 156 Å². The summed E-state index contributed by atoms with van der Waals surface area (Å²) in [7, 11) is 0. The zero-order valence-electron chi connectivity index (χ0n) is 23.2. The van der Waals surface area contributed by atoms with E-state index in [-0.39, 0.29) is 0 Å². The predicted molar refractivity (Wildman–Crippen MR) is 184 cm³/mol. The van der Waals surface area contributed by atoms with E-state index in [0.717, 1.165) is 33.3 Å². The van der Waals surface area contributed by atoms with E-state index in [2.05, 4.69) is 144 Å². The summed E-state index contributed by atoms with van der Waals surface area (Å²) in [5.41, 5.74) is 7.62. The van der Waals surface area contributed by atoms with Crippen LogP contribution in [0.5, 0.6) is 0 Å². The maximum atomic E-state index is 6.26. The molecule has 9 rings (SSSR count). The number of para-hydroxylation sites is 1. The number of fused-ring (bicyclic) bond motifs is 7. The quantitative estimate of drug-likeness (QED) is 0.210. The van der Waals surface area contributed by atoms with E-state index < -0.39 is 0 Å². The molecule has 0 N–H and O–H groups in total. The highest BCUT2D eigenvalue weighted by Gasteiger charge is 2.24. The van der Waals surface area contributed by atoms with Gasteiger partial charge in [0.25, 0.3) is 0 Å². The Morgan fingerprint density at radius 3 is 2.12 bits per heavy atom. The fourth-order valence-electron chi connectivity index (χ4n) is 6.49. The van der Waals surface area contributed by atoms with Crippen molar-refractivity contribution in [3.05, 3.63) is 152 Å². The van der Waals surface area contributed by atoms with Crippen LogP contribution in [0.2, 0.25) is 0 Å². The normalized spacial score (nSPS) is 11.7. The zero-order valence-corrected chi connectivity index (χ0v) is 24.0. The number of thiophene rings is 1. The van der Waals surface area contributed by atoms with E-state index in [1.54, 1.807) is 0 Å². The molecule has 2 nitrogen and oxygen atoms in total. The summed E-state index contributed by atoms with van der Waals surface area (Å²) in [6, 6.07) is 54.3. The predicted octanol–water partition coefficient (Wildman–Crippen LogP) is 12.2. The second kappa shape index (κ2) is 9.59. The summed E-state index contributed by atoms with van der Waals surface area (Å²) < 4.78 is 8.82. The molecule has 0 bridgehead atoms. The van der Waals surface area contributed by atoms with Crippen molar-refractivity contribution in [2.24, 2.45) is 0 Å². The van der Waals surface area contributed by atoms with Gasteiger partial charge in [-0.2, -0.15) is 0 Å². The van der Waals surface area contributed by atoms with Crippen LogP contribution in [0.4, 0.5) is 17.1 Å². The largest absolute Gasteiger partial charge is 0.456 e. The third-order valence-electron chi connectivity index (χ3n) is 8.46. The number of hydrogen-bond acceptors (Lipinski definition) is 3. The number of nitrogens with zero attached hydrogens (tertiary/aromatic N) is 1. The molecule has 202 valence electrons. The standard InChI is InChI=1S/C40H25NOS/c1-2-11-27(12-3-1)30-22-23-33-32-17-7-9-20-38(32)43-40(33)39(30)41(35-18-10-14-26-13-4-5-15-29(26)35)28-21-24-37-34(25-28)31-16-6-8-19-36(31)42-37/h1-25H. The minimum atomic E-state index is 0.895. The first kappa shape index (κ1) is 24.2. The Hall–Kier alpha value is -5.38. The second-order valence-corrected chi connectivity index (χ2v) is 12.0. The molecule has 43 heavy (non-hydrogen) atoms. The van der Waals surface area contributed by atoms with Crippen molar-refractivity contribution in [1.82, 2.24) is 0 Å². The van der Waals surface area contributed by atoms with Gasteiger partial charge in [-0.15, -0.1) is 11.3 Å². The van der Waals surface area contributed by atoms with Crippen LogP contribution < -0.4 is 4.90 Å². The lowest BCUT2D eigenvalue weighted by atomic mass is 9.98. The molecule has 0 saturated carbocycles. The van der Waals surface area contributed by atoms with Gasteiger partial charge in [0.1, 0.15) is 11.2 Å². The average Bonchev–Trinajstić information content (AvgIpc) is 3.64. The number of hydrogen-bond donors (Lipinski definition) is 0. The topological polar surface area (TPSA) is 16.4 Å². The van der Waals surface area contributed by atoms with E-state index in [9.17, 15) is 0 Å². The first-order chi connectivity index (χ1) is 21.3. The Balaban J connectivity index is 1.44. The monoisotopic (exact) mass is 567 g/mol. The summed E-state index contributed by atoms with van der Waals surface area (Å²) in [4.78, 5) is 2.48. The average molecular weight is 568 g/mol. The number of anilines is 3. The highest BCUT2D eigenvalue weighted by Crippen LogP contribution is 2.51. The molecule has 0 atom stereocenters. The summed E-state index contributed by atoms with van der Waals surface area (Å²) in [6.07, 6.45) is 0. The van der Waals surface area contributed by atoms with Gasteiger partial charge < -0.3 is 9.32 Å². The molecule has 0 fully saturated rings. The molecule has 2 heterocycles. The van der Waals surface area contributed by atoms with E-state index in [4.69, 9.17) is 4.42 Å². The van der Waals surface area contributed by atoms with Crippen LogP contribution in [0.3, 0.4) is 0 Å². The fourth-order valence-corrected chi connectivity index (χ4v) is 7.73. The molecular formula is C40H25NOS. The summed E-state index contributed by atoms with van der Waals surface area (Å²) >= 11 is 1.87. The molecule has 0 unspecified atom stereocenters. The van der Waals surface area contributed by atoms with Gasteiger partial charge >= 0.3 is 0 Å². The van der Waals surface area contributed by atoms with Gasteiger partial charge in [-0.1, -0.05) is 115 Å². The van der Waals surface area contributed by atoms with Crippen molar-refractivity contribution in [3.63, 3.8) is 0 Å². The van der Waals surface area contributed by atoms with Crippen molar-refractivity contribution in [2.45, 2.75) is 0 Å². The Kier molecular flexibility index (Phi) is 5.40. The Labute approximate surface area is 252 Å². The third kappa shape index (κ3) is 3.79. The molecule has 7 aromatic carbocycles. The first-order valence-corrected chi connectivity index (χ1v) is 15.3. The van der Waals surface area contributed by atoms with Crippen molar-refractivity contribution >= 4 is 81.3 Å². The molecule has 3 heteroatoms. The molecule has 0 spiro atoms. The van der Waals surface area contributed by atoms with Gasteiger partial charge in [0.05, 0.1) is 16.1 Å². The van der Waals surface area contributed by atoms with E-state index in [1.807, 2.05) is 23.5 Å². The minimum absolute atomic E-state index is 0.895. The zero-order chi connectivity index (χ0) is 28.3. The summed E-state index contributed by atoms with van der Waals surface area (Å²) in [6.45, 7) is 0. The van der Waals surface area contributed by atoms with Gasteiger partial charge in [-0.05, 0) is 47.3 Å². The number of rotatable bonds is 4. The van der Waals surface area contributed by atoms with Gasteiger partial charge in [0, 0.05) is 42.9 Å². The molecule has 0 saturated heterocycles. The van der Waals surface area contributed by atoms with Crippen LogP contribution in [-0.4, -0.2) is 0 Å². The van der Waals surface area contributed by atoms with E-state index in [1.165, 1.54) is 47.8 Å². The van der Waals surface area contributed by atoms with E-state index >= 15 is 0 Å². The maximum Gasteiger partial charge on any atom is 0.135 e. The first-order valence-electron chi connectivity index (χ1n) is 14.5. The molecular weight excluding hydrogens is 543 g/mol. The smallest absolute Gasteiger partial charge is 0.135 e. The van der Waals surface area contributed by atoms with Crippen LogP contribution in [0.1, 0.15) is 0 Å². The van der Waals surface area contributed by atoms with Crippen LogP contribution in [0, 0.1) is 0 Å². The molecule has 0 amide bonds. The summed E-state index contributed by atoms with van der Waals surface area (Å²) in [5, 5.41) is 7.22. The van der Waals surface area contributed by atoms with Crippen LogP contribution in [-0.2, 0) is 0 Å². The fraction of sp³-hybridized carbons (Fsp3) is 0. The Bertz CT molecular complexity index is 2460. The van der Waals surface area contributed by atoms with Crippen molar-refractivity contribution in [3.8, 4) is 11.1 Å².